The smallest absolute Gasteiger partial charge is 0.326 e. The van der Waals surface area contributed by atoms with Crippen molar-refractivity contribution in [1.82, 2.24) is 14.7 Å². The first-order valence-electron chi connectivity index (χ1n) is 14.5. The highest BCUT2D eigenvalue weighted by molar-refractivity contribution is 6.36. The van der Waals surface area contributed by atoms with Crippen molar-refractivity contribution in [3.05, 3.63) is 70.5 Å². The van der Waals surface area contributed by atoms with Gasteiger partial charge in [0.1, 0.15) is 17.5 Å². The molecule has 0 radical (unpaired) electrons. The molecule has 0 saturated carbocycles. The number of piperidine rings is 1. The molecule has 9 nitrogen and oxygen atoms in total. The lowest BCUT2D eigenvalue weighted by Gasteiger charge is -2.33. The summed E-state index contributed by atoms with van der Waals surface area (Å²) in [4.78, 5) is 42.3. The van der Waals surface area contributed by atoms with Gasteiger partial charge in [-0.3, -0.25) is 19.4 Å². The summed E-state index contributed by atoms with van der Waals surface area (Å²) >= 11 is 6.98. The van der Waals surface area contributed by atoms with Gasteiger partial charge in [0.25, 0.3) is 0 Å². The van der Waals surface area contributed by atoms with E-state index in [1.165, 1.54) is 25.1 Å². The van der Waals surface area contributed by atoms with Crippen LogP contribution in [0.4, 0.5) is 14.9 Å². The molecule has 2 heterocycles. The van der Waals surface area contributed by atoms with E-state index in [1.807, 2.05) is 31.2 Å². The number of carbonyl (C=O) groups is 3. The molecule has 0 bridgehead atoms. The quantitative estimate of drug-likeness (QED) is 0.353. The molecule has 3 aromatic carbocycles. The van der Waals surface area contributed by atoms with Gasteiger partial charge in [-0.15, -0.1) is 0 Å². The number of imide groups is 1. The minimum Gasteiger partial charge on any atom is -0.496 e. The van der Waals surface area contributed by atoms with Crippen molar-refractivity contribution in [3.8, 4) is 28.0 Å². The zero-order valence-corrected chi connectivity index (χ0v) is 25.9. The molecule has 232 valence electrons. The molecule has 2 aliphatic rings. The molecule has 2 aliphatic heterocycles. The van der Waals surface area contributed by atoms with Gasteiger partial charge in [0, 0.05) is 62.7 Å². The summed E-state index contributed by atoms with van der Waals surface area (Å²) in [5, 5.41) is 13.1. The predicted molar refractivity (Wildman–Crippen MR) is 167 cm³/mol. The number of hydrogen-bond acceptors (Lipinski definition) is 6. The zero-order valence-electron chi connectivity index (χ0n) is 25.2. The number of benzene rings is 3. The molecule has 0 aromatic heterocycles. The third-order valence-corrected chi connectivity index (χ3v) is 8.93. The van der Waals surface area contributed by atoms with Crippen molar-refractivity contribution in [2.24, 2.45) is 5.92 Å². The van der Waals surface area contributed by atoms with E-state index < -0.39 is 29.6 Å². The Morgan fingerprint density at radius 2 is 1.73 bits per heavy atom. The van der Waals surface area contributed by atoms with E-state index in [0.717, 1.165) is 16.0 Å². The third kappa shape index (κ3) is 6.15. The fraction of sp³-hybridized carbons (Fsp3) is 0.364. The maximum Gasteiger partial charge on any atom is 0.326 e. The number of amides is 4. The summed E-state index contributed by atoms with van der Waals surface area (Å²) in [5.74, 6) is -2.08. The Bertz CT molecular complexity index is 1610. The number of aliphatic hydroxyl groups is 1. The fourth-order valence-electron chi connectivity index (χ4n) is 5.86. The van der Waals surface area contributed by atoms with Crippen LogP contribution in [0.2, 0.25) is 5.02 Å². The predicted octanol–water partition coefficient (Wildman–Crippen LogP) is 5.17. The second-order valence-corrected chi connectivity index (χ2v) is 11.8. The van der Waals surface area contributed by atoms with E-state index in [9.17, 15) is 19.5 Å². The first kappa shape index (κ1) is 31.4. The van der Waals surface area contributed by atoms with Crippen molar-refractivity contribution < 1.29 is 28.6 Å². The summed E-state index contributed by atoms with van der Waals surface area (Å²) in [7, 11) is 4.41. The standard InChI is InChI=1S/C33H36ClFN4O5/c1-19-22(7-6-10-28(19)36-31(41)26-17-37(2)33(43)38(3)32(26)42)24-9-5-8-23(30(24)34)20-15-27(35)25(29(16-20)44-4)18-39-13-11-21(40)12-14-39/h5-10,15-16,21,26,40H,11-14,17-18H2,1-4H3,(H,36,41). The molecular weight excluding hydrogens is 587 g/mol. The molecule has 2 fully saturated rings. The lowest BCUT2D eigenvalue weighted by atomic mass is 9.94. The molecule has 1 unspecified atom stereocenters. The van der Waals surface area contributed by atoms with E-state index >= 15 is 4.39 Å². The number of anilines is 1. The highest BCUT2D eigenvalue weighted by Crippen LogP contribution is 2.41. The third-order valence-electron chi connectivity index (χ3n) is 8.52. The van der Waals surface area contributed by atoms with Crippen molar-refractivity contribution in [2.45, 2.75) is 32.4 Å². The fourth-order valence-corrected chi connectivity index (χ4v) is 6.20. The second-order valence-electron chi connectivity index (χ2n) is 11.4. The maximum atomic E-state index is 15.6. The molecule has 3 aromatic rings. The van der Waals surface area contributed by atoms with Crippen molar-refractivity contribution in [3.63, 3.8) is 0 Å². The van der Waals surface area contributed by atoms with Crippen LogP contribution in [-0.4, -0.2) is 84.6 Å². The minimum absolute atomic E-state index is 0.0135. The van der Waals surface area contributed by atoms with E-state index in [2.05, 4.69) is 10.2 Å². The van der Waals surface area contributed by atoms with Crippen molar-refractivity contribution in [2.75, 3.05) is 46.2 Å². The number of methoxy groups -OCH3 is 1. The largest absolute Gasteiger partial charge is 0.496 e. The van der Waals surface area contributed by atoms with Gasteiger partial charge >= 0.3 is 6.03 Å². The number of ether oxygens (including phenoxy) is 1. The number of hydrogen-bond donors (Lipinski definition) is 2. The van der Waals surface area contributed by atoms with Crippen LogP contribution < -0.4 is 10.1 Å². The number of halogens is 2. The topological polar surface area (TPSA) is 102 Å². The number of likely N-dealkylation sites (tertiary alicyclic amines) is 1. The van der Waals surface area contributed by atoms with E-state index in [1.54, 1.807) is 25.2 Å². The molecular formula is C33H36ClFN4O5. The average molecular weight is 623 g/mol. The Hall–Kier alpha value is -3.99. The molecule has 5 rings (SSSR count). The minimum atomic E-state index is -1.04. The van der Waals surface area contributed by atoms with Gasteiger partial charge in [0.2, 0.25) is 11.8 Å². The van der Waals surface area contributed by atoms with E-state index in [4.69, 9.17) is 16.3 Å². The highest BCUT2D eigenvalue weighted by atomic mass is 35.5. The number of urea groups is 1. The first-order valence-corrected chi connectivity index (χ1v) is 14.9. The summed E-state index contributed by atoms with van der Waals surface area (Å²) in [6.07, 6.45) is 0.999. The molecule has 0 aliphatic carbocycles. The molecule has 4 amide bonds. The van der Waals surface area contributed by atoms with Crippen LogP contribution in [0.1, 0.15) is 24.0 Å². The van der Waals surface area contributed by atoms with Crippen LogP contribution in [0, 0.1) is 18.7 Å². The molecule has 11 heteroatoms. The molecule has 44 heavy (non-hydrogen) atoms. The molecule has 2 N–H and O–H groups in total. The van der Waals surface area contributed by atoms with Crippen LogP contribution >= 0.6 is 11.6 Å². The van der Waals surface area contributed by atoms with Gasteiger partial charge in [0.05, 0.1) is 18.2 Å². The number of nitrogens with zero attached hydrogens (tertiary/aromatic N) is 3. The second kappa shape index (κ2) is 12.9. The monoisotopic (exact) mass is 622 g/mol. The van der Waals surface area contributed by atoms with Gasteiger partial charge in [0.15, 0.2) is 0 Å². The summed E-state index contributed by atoms with van der Waals surface area (Å²) in [6.45, 7) is 3.57. The average Bonchev–Trinajstić information content (AvgIpc) is 3.01. The zero-order chi connectivity index (χ0) is 31.7. The summed E-state index contributed by atoms with van der Waals surface area (Å²) in [6, 6.07) is 13.7. The van der Waals surface area contributed by atoms with Gasteiger partial charge in [-0.1, -0.05) is 41.9 Å². The lowest BCUT2D eigenvalue weighted by Crippen LogP contribution is -2.56. The van der Waals surface area contributed by atoms with Crippen LogP contribution in [-0.2, 0) is 16.1 Å². The Labute approximate surface area is 261 Å². The Balaban J connectivity index is 1.42. The normalized spacial score (nSPS) is 18.1. The molecule has 0 spiro atoms. The Kier molecular flexibility index (Phi) is 9.24. The van der Waals surface area contributed by atoms with Gasteiger partial charge in [-0.25, -0.2) is 9.18 Å². The number of aliphatic hydroxyl groups excluding tert-OH is 1. The van der Waals surface area contributed by atoms with Crippen LogP contribution in [0.25, 0.3) is 22.3 Å². The number of nitrogens with one attached hydrogen (secondary N) is 1. The summed E-state index contributed by atoms with van der Waals surface area (Å²) in [5.41, 5.74) is 4.31. The van der Waals surface area contributed by atoms with Gasteiger partial charge in [-0.05, 0) is 54.7 Å². The number of rotatable bonds is 7. The van der Waals surface area contributed by atoms with Gasteiger partial charge < -0.3 is 20.1 Å². The van der Waals surface area contributed by atoms with Crippen LogP contribution in [0.3, 0.4) is 0 Å². The van der Waals surface area contributed by atoms with E-state index in [-0.39, 0.29) is 12.6 Å². The SMILES string of the molecule is COc1cc(-c2cccc(-c3cccc(NC(=O)C4CN(C)C(=O)N(C)C4=O)c3C)c2Cl)cc(F)c1CN1CCC(O)CC1. The molecule has 2 saturated heterocycles. The van der Waals surface area contributed by atoms with Crippen LogP contribution in [0.5, 0.6) is 5.75 Å². The van der Waals surface area contributed by atoms with Gasteiger partial charge in [-0.2, -0.15) is 0 Å². The Morgan fingerprint density at radius 1 is 1.07 bits per heavy atom. The first-order chi connectivity index (χ1) is 21.0. The van der Waals surface area contributed by atoms with Crippen molar-refractivity contribution in [1.29, 1.82) is 0 Å². The van der Waals surface area contributed by atoms with Crippen molar-refractivity contribution >= 4 is 35.1 Å². The lowest BCUT2D eigenvalue weighted by molar-refractivity contribution is -0.140. The molecule has 1 atom stereocenters. The Morgan fingerprint density at radius 3 is 2.43 bits per heavy atom. The number of carbonyl (C=O) groups excluding carboxylic acids is 3. The summed E-state index contributed by atoms with van der Waals surface area (Å²) < 4.78 is 21.2. The highest BCUT2D eigenvalue weighted by Gasteiger charge is 2.39. The maximum absolute atomic E-state index is 15.6. The van der Waals surface area contributed by atoms with E-state index in [0.29, 0.717) is 71.2 Å². The van der Waals surface area contributed by atoms with Crippen LogP contribution in [0.15, 0.2) is 48.5 Å².